The summed E-state index contributed by atoms with van der Waals surface area (Å²) in [5, 5.41) is 6.35. The Balaban J connectivity index is 1.88. The molecule has 8 heteroatoms. The SMILES string of the molecule is Cc1cc(NC(=O)COC(=O)c2ccc(Cl)c(N)c2)no1. The molecule has 0 aliphatic rings. The number of nitrogens with one attached hydrogen (secondary N) is 1. The van der Waals surface area contributed by atoms with Gasteiger partial charge in [-0.05, 0) is 25.1 Å². The zero-order valence-electron chi connectivity index (χ0n) is 11.1. The van der Waals surface area contributed by atoms with Gasteiger partial charge in [-0.15, -0.1) is 0 Å². The van der Waals surface area contributed by atoms with Crippen LogP contribution in [0.15, 0.2) is 28.8 Å². The average molecular weight is 310 g/mol. The summed E-state index contributed by atoms with van der Waals surface area (Å²) >= 11 is 5.75. The minimum Gasteiger partial charge on any atom is -0.452 e. The number of anilines is 2. The predicted molar refractivity (Wildman–Crippen MR) is 76.0 cm³/mol. The van der Waals surface area contributed by atoms with Crippen LogP contribution in [0.3, 0.4) is 0 Å². The van der Waals surface area contributed by atoms with Crippen molar-refractivity contribution in [3.63, 3.8) is 0 Å². The topological polar surface area (TPSA) is 107 Å². The second-order valence-corrected chi connectivity index (χ2v) is 4.59. The number of carbonyl (C=O) groups excluding carboxylic acids is 2. The van der Waals surface area contributed by atoms with Crippen molar-refractivity contribution in [2.24, 2.45) is 0 Å². The summed E-state index contributed by atoms with van der Waals surface area (Å²) in [6, 6.07) is 5.86. The quantitative estimate of drug-likeness (QED) is 0.661. The Morgan fingerprint density at radius 2 is 2.19 bits per heavy atom. The minimum atomic E-state index is -0.676. The smallest absolute Gasteiger partial charge is 0.338 e. The van der Waals surface area contributed by atoms with Gasteiger partial charge in [0.25, 0.3) is 5.91 Å². The van der Waals surface area contributed by atoms with E-state index in [9.17, 15) is 9.59 Å². The maximum atomic E-state index is 11.7. The summed E-state index contributed by atoms with van der Waals surface area (Å²) in [4.78, 5) is 23.3. The Bertz CT molecular complexity index is 684. The van der Waals surface area contributed by atoms with Crippen molar-refractivity contribution in [3.05, 3.63) is 40.6 Å². The standard InChI is InChI=1S/C13H12ClN3O4/c1-7-4-11(17-21-7)16-12(18)6-20-13(19)8-2-3-9(14)10(15)5-8/h2-5H,6,15H2,1H3,(H,16,17,18). The van der Waals surface area contributed by atoms with Gasteiger partial charge >= 0.3 is 5.97 Å². The molecule has 0 aliphatic carbocycles. The summed E-state index contributed by atoms with van der Waals surface area (Å²) in [5.74, 6) is -0.397. The molecule has 0 unspecified atom stereocenters. The number of aryl methyl sites for hydroxylation is 1. The van der Waals surface area contributed by atoms with E-state index in [1.807, 2.05) is 0 Å². The monoisotopic (exact) mass is 309 g/mol. The van der Waals surface area contributed by atoms with Gasteiger partial charge in [-0.1, -0.05) is 16.8 Å². The molecule has 7 nitrogen and oxygen atoms in total. The highest BCUT2D eigenvalue weighted by molar-refractivity contribution is 6.33. The third-order valence-corrected chi connectivity index (χ3v) is 2.81. The molecule has 110 valence electrons. The molecule has 0 radical (unpaired) electrons. The van der Waals surface area contributed by atoms with Gasteiger partial charge in [0.1, 0.15) is 5.76 Å². The zero-order chi connectivity index (χ0) is 15.4. The van der Waals surface area contributed by atoms with Gasteiger partial charge in [0.15, 0.2) is 12.4 Å². The Labute approximate surface area is 125 Å². The predicted octanol–water partition coefficient (Wildman–Crippen LogP) is 2.01. The minimum absolute atomic E-state index is 0.210. The van der Waals surface area contributed by atoms with Crippen LogP contribution in [0.1, 0.15) is 16.1 Å². The lowest BCUT2D eigenvalue weighted by atomic mass is 10.2. The number of carbonyl (C=O) groups is 2. The highest BCUT2D eigenvalue weighted by atomic mass is 35.5. The molecule has 2 aromatic rings. The molecule has 1 amide bonds. The average Bonchev–Trinajstić information content (AvgIpc) is 2.84. The number of nitrogens with zero attached hydrogens (tertiary/aromatic N) is 1. The highest BCUT2D eigenvalue weighted by Gasteiger charge is 2.12. The molecule has 0 atom stereocenters. The molecular formula is C13H12ClN3O4. The van der Waals surface area contributed by atoms with Gasteiger partial charge in [-0.3, -0.25) is 4.79 Å². The number of nitrogen functional groups attached to an aromatic ring is 1. The van der Waals surface area contributed by atoms with Gasteiger partial charge in [-0.25, -0.2) is 4.79 Å². The van der Waals surface area contributed by atoms with E-state index < -0.39 is 18.5 Å². The molecule has 0 bridgehead atoms. The van der Waals surface area contributed by atoms with Crippen LogP contribution in [0.2, 0.25) is 5.02 Å². The van der Waals surface area contributed by atoms with Gasteiger partial charge < -0.3 is 20.3 Å². The molecule has 1 aromatic carbocycles. The number of aromatic nitrogens is 1. The summed E-state index contributed by atoms with van der Waals surface area (Å²) in [6.45, 7) is 1.24. The lowest BCUT2D eigenvalue weighted by Crippen LogP contribution is -2.21. The molecule has 0 aliphatic heterocycles. The summed E-state index contributed by atoms with van der Waals surface area (Å²) in [6.07, 6.45) is 0. The van der Waals surface area contributed by atoms with E-state index >= 15 is 0 Å². The fraction of sp³-hybridized carbons (Fsp3) is 0.154. The van der Waals surface area contributed by atoms with Crippen LogP contribution < -0.4 is 11.1 Å². The number of benzene rings is 1. The number of hydrogen-bond donors (Lipinski definition) is 2. The Kier molecular flexibility index (Phi) is 4.44. The van der Waals surface area contributed by atoms with Crippen LogP contribution in [0.5, 0.6) is 0 Å². The summed E-state index contributed by atoms with van der Waals surface area (Å²) in [5.41, 5.74) is 6.05. The van der Waals surface area contributed by atoms with Crippen molar-refractivity contribution in [3.8, 4) is 0 Å². The second kappa shape index (κ2) is 6.27. The summed E-state index contributed by atoms with van der Waals surface area (Å²) < 4.78 is 9.64. The largest absolute Gasteiger partial charge is 0.452 e. The number of amides is 1. The molecule has 0 spiro atoms. The van der Waals surface area contributed by atoms with Crippen molar-refractivity contribution in [1.29, 1.82) is 0 Å². The van der Waals surface area contributed by atoms with E-state index in [0.29, 0.717) is 10.8 Å². The van der Waals surface area contributed by atoms with Crippen LogP contribution in [0.25, 0.3) is 0 Å². The maximum absolute atomic E-state index is 11.7. The van der Waals surface area contributed by atoms with E-state index in [4.69, 9.17) is 26.6 Å². The van der Waals surface area contributed by atoms with E-state index in [1.165, 1.54) is 18.2 Å². The van der Waals surface area contributed by atoms with E-state index in [2.05, 4.69) is 10.5 Å². The fourth-order valence-corrected chi connectivity index (χ4v) is 1.61. The molecule has 0 saturated carbocycles. The number of halogens is 1. The first-order chi connectivity index (χ1) is 9.95. The van der Waals surface area contributed by atoms with Crippen LogP contribution in [-0.4, -0.2) is 23.6 Å². The van der Waals surface area contributed by atoms with Crippen LogP contribution in [0, 0.1) is 6.92 Å². The lowest BCUT2D eigenvalue weighted by molar-refractivity contribution is -0.119. The van der Waals surface area contributed by atoms with Crippen molar-refractivity contribution < 1.29 is 18.8 Å². The molecular weight excluding hydrogens is 298 g/mol. The van der Waals surface area contributed by atoms with Gasteiger partial charge in [-0.2, -0.15) is 0 Å². The first kappa shape index (κ1) is 14.9. The summed E-state index contributed by atoms with van der Waals surface area (Å²) in [7, 11) is 0. The molecule has 0 saturated heterocycles. The first-order valence-corrected chi connectivity index (χ1v) is 6.29. The third kappa shape index (κ3) is 3.96. The molecule has 2 rings (SSSR count). The highest BCUT2D eigenvalue weighted by Crippen LogP contribution is 2.19. The van der Waals surface area contributed by atoms with E-state index in [-0.39, 0.29) is 17.1 Å². The number of esters is 1. The van der Waals surface area contributed by atoms with Gasteiger partial charge in [0.05, 0.1) is 16.3 Å². The normalized spacial score (nSPS) is 10.2. The van der Waals surface area contributed by atoms with Crippen molar-refractivity contribution >= 4 is 35.0 Å². The molecule has 0 fully saturated rings. The zero-order valence-corrected chi connectivity index (χ0v) is 11.8. The Morgan fingerprint density at radius 1 is 1.43 bits per heavy atom. The maximum Gasteiger partial charge on any atom is 0.338 e. The lowest BCUT2D eigenvalue weighted by Gasteiger charge is -2.05. The van der Waals surface area contributed by atoms with E-state index in [0.717, 1.165) is 0 Å². The number of hydrogen-bond acceptors (Lipinski definition) is 6. The Morgan fingerprint density at radius 3 is 2.81 bits per heavy atom. The van der Waals surface area contributed by atoms with Crippen LogP contribution in [-0.2, 0) is 9.53 Å². The van der Waals surface area contributed by atoms with Crippen molar-refractivity contribution in [1.82, 2.24) is 5.16 Å². The molecule has 1 aromatic heterocycles. The molecule has 1 heterocycles. The molecule has 3 N–H and O–H groups in total. The van der Waals surface area contributed by atoms with Gasteiger partial charge in [0.2, 0.25) is 0 Å². The van der Waals surface area contributed by atoms with Crippen molar-refractivity contribution in [2.75, 3.05) is 17.7 Å². The first-order valence-electron chi connectivity index (χ1n) is 5.91. The molecule has 21 heavy (non-hydrogen) atoms. The van der Waals surface area contributed by atoms with Crippen LogP contribution in [0.4, 0.5) is 11.5 Å². The number of rotatable bonds is 4. The van der Waals surface area contributed by atoms with Crippen LogP contribution >= 0.6 is 11.6 Å². The van der Waals surface area contributed by atoms with E-state index in [1.54, 1.807) is 13.0 Å². The number of nitrogens with two attached hydrogens (primary N) is 1. The van der Waals surface area contributed by atoms with Crippen molar-refractivity contribution in [2.45, 2.75) is 6.92 Å². The third-order valence-electron chi connectivity index (χ3n) is 2.46. The second-order valence-electron chi connectivity index (χ2n) is 4.18. The number of ether oxygens (including phenoxy) is 1. The van der Waals surface area contributed by atoms with Gasteiger partial charge in [0, 0.05) is 6.07 Å². The Hall–Kier alpha value is -2.54. The fourth-order valence-electron chi connectivity index (χ4n) is 1.49.